The molecule has 0 saturated carbocycles. The topological polar surface area (TPSA) is 12.5 Å². The van der Waals surface area contributed by atoms with Gasteiger partial charge >= 0.3 is 0 Å². The van der Waals surface area contributed by atoms with E-state index in [1.165, 1.54) is 6.42 Å². The van der Waals surface area contributed by atoms with E-state index >= 15 is 0 Å². The molecule has 2 nitrogen and oxygen atoms in total. The third-order valence-corrected chi connectivity index (χ3v) is 5.56. The molecule has 1 saturated heterocycles. The normalized spacial score (nSPS) is 22.3. The number of hydrogen-bond acceptors (Lipinski definition) is 2. The second kappa shape index (κ2) is 4.05. The Labute approximate surface area is 100.0 Å². The van der Waals surface area contributed by atoms with Gasteiger partial charge in [-0.3, -0.25) is 0 Å². The predicted octanol–water partition coefficient (Wildman–Crippen LogP) is 3.04. The molecule has 0 bridgehead atoms. The van der Waals surface area contributed by atoms with E-state index in [9.17, 15) is 0 Å². The third-order valence-electron chi connectivity index (χ3n) is 2.65. The molecule has 0 aromatic rings. The highest BCUT2D eigenvalue weighted by Gasteiger charge is 2.41. The minimum atomic E-state index is -1.12. The van der Waals surface area contributed by atoms with Gasteiger partial charge in [-0.15, -0.1) is 0 Å². The monoisotopic (exact) mass is 245 g/mol. The van der Waals surface area contributed by atoms with Crippen molar-refractivity contribution in [2.24, 2.45) is 0 Å². The van der Waals surface area contributed by atoms with Gasteiger partial charge in [0.1, 0.15) is 5.60 Å². The molecule has 0 amide bonds. The summed E-state index contributed by atoms with van der Waals surface area (Å²) in [4.78, 5) is 2.27. The molecule has 1 fully saturated rings. The highest BCUT2D eigenvalue weighted by molar-refractivity contribution is 7.80. The quantitative estimate of drug-likeness (QED) is 0.520. The van der Waals surface area contributed by atoms with Crippen LogP contribution in [-0.4, -0.2) is 36.0 Å². The number of ether oxygens (including phenoxy) is 1. The van der Waals surface area contributed by atoms with Crippen molar-refractivity contribution in [1.29, 1.82) is 0 Å². The van der Waals surface area contributed by atoms with Crippen LogP contribution in [0.4, 0.5) is 0 Å². The second-order valence-corrected chi connectivity index (χ2v) is 12.1. The fraction of sp³-hybridized carbons (Fsp3) is 0.909. The summed E-state index contributed by atoms with van der Waals surface area (Å²) >= 11 is 5.35. The molecular weight excluding hydrogens is 222 g/mol. The summed E-state index contributed by atoms with van der Waals surface area (Å²) in [5.74, 6) is 0. The number of nitrogens with zero attached hydrogens (tertiary/aromatic N) is 1. The van der Waals surface area contributed by atoms with Gasteiger partial charge in [-0.1, -0.05) is 19.6 Å². The fourth-order valence-electron chi connectivity index (χ4n) is 1.83. The SMILES string of the molecule is CC(C)(C)OC(=S)N1CCC1[Si](C)(C)C. The summed E-state index contributed by atoms with van der Waals surface area (Å²) < 4.78 is 5.75. The molecule has 1 aliphatic heterocycles. The summed E-state index contributed by atoms with van der Waals surface area (Å²) in [6, 6.07) is 0. The minimum Gasteiger partial charge on any atom is -0.465 e. The highest BCUT2D eigenvalue weighted by atomic mass is 32.1. The summed E-state index contributed by atoms with van der Waals surface area (Å²) in [5.41, 5.74) is 0.503. The molecule has 0 spiro atoms. The molecule has 15 heavy (non-hydrogen) atoms. The van der Waals surface area contributed by atoms with Crippen LogP contribution in [0.5, 0.6) is 0 Å². The van der Waals surface area contributed by atoms with E-state index in [0.717, 1.165) is 6.54 Å². The second-order valence-electron chi connectivity index (χ2n) is 6.34. The molecule has 1 aliphatic rings. The van der Waals surface area contributed by atoms with Crippen molar-refractivity contribution in [3.8, 4) is 0 Å². The predicted molar refractivity (Wildman–Crippen MR) is 71.9 cm³/mol. The molecule has 0 aromatic heterocycles. The van der Waals surface area contributed by atoms with Crippen molar-refractivity contribution in [1.82, 2.24) is 4.90 Å². The first-order valence-electron chi connectivity index (χ1n) is 5.61. The van der Waals surface area contributed by atoms with E-state index < -0.39 is 8.07 Å². The van der Waals surface area contributed by atoms with Gasteiger partial charge in [0.15, 0.2) is 0 Å². The molecule has 4 heteroatoms. The lowest BCUT2D eigenvalue weighted by Gasteiger charge is -2.49. The number of likely N-dealkylation sites (tertiary alicyclic amines) is 1. The van der Waals surface area contributed by atoms with E-state index in [1.807, 2.05) is 20.8 Å². The van der Waals surface area contributed by atoms with Crippen LogP contribution in [0.15, 0.2) is 0 Å². The highest BCUT2D eigenvalue weighted by Crippen LogP contribution is 2.28. The van der Waals surface area contributed by atoms with E-state index in [0.29, 0.717) is 10.8 Å². The van der Waals surface area contributed by atoms with Crippen LogP contribution < -0.4 is 0 Å². The van der Waals surface area contributed by atoms with Crippen LogP contribution in [0.25, 0.3) is 0 Å². The molecule has 0 aromatic carbocycles. The molecule has 0 radical (unpaired) electrons. The summed E-state index contributed by atoms with van der Waals surface area (Å²) in [7, 11) is -1.12. The lowest BCUT2D eigenvalue weighted by molar-refractivity contribution is 0.0742. The Hall–Kier alpha value is -0.0931. The summed E-state index contributed by atoms with van der Waals surface area (Å²) in [5, 5.41) is 0.696. The van der Waals surface area contributed by atoms with Crippen molar-refractivity contribution in [3.63, 3.8) is 0 Å². The van der Waals surface area contributed by atoms with Gasteiger partial charge in [0.05, 0.1) is 8.07 Å². The average molecular weight is 245 g/mol. The summed E-state index contributed by atoms with van der Waals surface area (Å²) in [6.45, 7) is 14.4. The minimum absolute atomic E-state index is 0.170. The molecule has 0 N–H and O–H groups in total. The molecule has 1 heterocycles. The van der Waals surface area contributed by atoms with E-state index in [-0.39, 0.29) is 5.60 Å². The largest absolute Gasteiger partial charge is 0.465 e. The van der Waals surface area contributed by atoms with Crippen LogP contribution in [-0.2, 0) is 4.74 Å². The maximum absolute atomic E-state index is 5.75. The Morgan fingerprint density at radius 3 is 2.13 bits per heavy atom. The van der Waals surface area contributed by atoms with Gasteiger partial charge in [0.2, 0.25) is 0 Å². The molecule has 0 aliphatic carbocycles. The van der Waals surface area contributed by atoms with Crippen LogP contribution in [0.3, 0.4) is 0 Å². The third kappa shape index (κ3) is 3.45. The van der Waals surface area contributed by atoms with Crippen LogP contribution in [0.2, 0.25) is 19.6 Å². The van der Waals surface area contributed by atoms with Crippen LogP contribution in [0.1, 0.15) is 27.2 Å². The Morgan fingerprint density at radius 2 is 1.87 bits per heavy atom. The molecule has 1 unspecified atom stereocenters. The Bertz CT molecular complexity index is 254. The zero-order valence-electron chi connectivity index (χ0n) is 10.8. The lowest BCUT2D eigenvalue weighted by Crippen LogP contribution is -2.62. The first kappa shape index (κ1) is 13.0. The molecule has 88 valence electrons. The van der Waals surface area contributed by atoms with Crippen molar-refractivity contribution in [2.75, 3.05) is 6.54 Å². The van der Waals surface area contributed by atoms with Crippen molar-refractivity contribution in [3.05, 3.63) is 0 Å². The van der Waals surface area contributed by atoms with E-state index in [4.69, 9.17) is 17.0 Å². The van der Waals surface area contributed by atoms with E-state index in [1.54, 1.807) is 0 Å². The number of rotatable bonds is 1. The molecule has 1 atom stereocenters. The van der Waals surface area contributed by atoms with Crippen molar-refractivity contribution < 1.29 is 4.74 Å². The van der Waals surface area contributed by atoms with Crippen LogP contribution >= 0.6 is 12.2 Å². The first-order valence-corrected chi connectivity index (χ1v) is 9.59. The lowest BCUT2D eigenvalue weighted by atomic mass is 10.2. The molecular formula is C11H23NOSSi. The van der Waals surface area contributed by atoms with Gasteiger partial charge in [-0.05, 0) is 39.4 Å². The maximum atomic E-state index is 5.75. The standard InChI is InChI=1S/C11H23NOSSi/c1-11(2,3)13-10(14)12-8-7-9(12)15(4,5)6/h9H,7-8H2,1-6H3. The smallest absolute Gasteiger partial charge is 0.259 e. The van der Waals surface area contributed by atoms with Crippen molar-refractivity contribution in [2.45, 2.75) is 58.1 Å². The summed E-state index contributed by atoms with van der Waals surface area (Å²) in [6.07, 6.45) is 1.28. The fourth-order valence-corrected chi connectivity index (χ4v) is 4.57. The van der Waals surface area contributed by atoms with Gasteiger partial charge in [-0.2, -0.15) is 0 Å². The van der Waals surface area contributed by atoms with Crippen LogP contribution in [0, 0.1) is 0 Å². The Balaban J connectivity index is 2.56. The Morgan fingerprint density at radius 1 is 1.33 bits per heavy atom. The van der Waals surface area contributed by atoms with E-state index in [2.05, 4.69) is 24.5 Å². The van der Waals surface area contributed by atoms with Gasteiger partial charge < -0.3 is 9.64 Å². The average Bonchev–Trinajstić information content (AvgIpc) is 1.72. The Kier molecular flexibility index (Phi) is 3.51. The number of thiocarbonyl (C=S) groups is 1. The zero-order valence-corrected chi connectivity index (χ0v) is 12.6. The van der Waals surface area contributed by atoms with Crippen molar-refractivity contribution >= 4 is 25.5 Å². The number of hydrogen-bond donors (Lipinski definition) is 0. The van der Waals surface area contributed by atoms with Gasteiger partial charge in [0, 0.05) is 12.2 Å². The maximum Gasteiger partial charge on any atom is 0.259 e. The first-order chi connectivity index (χ1) is 6.61. The van der Waals surface area contributed by atoms with Gasteiger partial charge in [0.25, 0.3) is 5.17 Å². The van der Waals surface area contributed by atoms with Gasteiger partial charge in [-0.25, -0.2) is 0 Å². The molecule has 1 rings (SSSR count). The zero-order chi connectivity index (χ0) is 11.9.